The van der Waals surface area contributed by atoms with Crippen molar-refractivity contribution in [2.45, 2.75) is 40.5 Å². The maximum Gasteiger partial charge on any atom is 0.284 e. The molecule has 3 nitrogen and oxygen atoms in total. The molecule has 0 radical (unpaired) electrons. The minimum absolute atomic E-state index is 0.0902. The summed E-state index contributed by atoms with van der Waals surface area (Å²) >= 11 is 1.15. The summed E-state index contributed by atoms with van der Waals surface area (Å²) in [6.07, 6.45) is 6.23. The van der Waals surface area contributed by atoms with Gasteiger partial charge in [0, 0.05) is 0 Å². The van der Waals surface area contributed by atoms with Crippen LogP contribution in [0, 0.1) is 11.8 Å². The van der Waals surface area contributed by atoms with Gasteiger partial charge in [0.05, 0.1) is 5.70 Å². The van der Waals surface area contributed by atoms with Crippen LogP contribution in [0.15, 0.2) is 41.4 Å². The van der Waals surface area contributed by atoms with Crippen molar-refractivity contribution in [1.82, 2.24) is 5.32 Å². The predicted molar refractivity (Wildman–Crippen MR) is 103 cm³/mol. The molecular weight excluding hydrogens is 304 g/mol. The fourth-order valence-corrected chi connectivity index (χ4v) is 2.65. The van der Waals surface area contributed by atoms with Crippen molar-refractivity contribution in [3.8, 4) is 0 Å². The Labute approximate surface area is 144 Å². The zero-order valence-corrected chi connectivity index (χ0v) is 15.6. The molecule has 2 atom stereocenters. The van der Waals surface area contributed by atoms with Gasteiger partial charge in [0.2, 0.25) is 0 Å². The highest BCUT2D eigenvalue weighted by Crippen LogP contribution is 2.26. The van der Waals surface area contributed by atoms with Gasteiger partial charge in [-0.15, -0.1) is 0 Å². The number of amidine groups is 1. The lowest BCUT2D eigenvalue weighted by atomic mass is 9.88. The fraction of sp³-hybridized carbons (Fsp3) is 0.474. The second-order valence-corrected chi connectivity index (χ2v) is 6.47. The van der Waals surface area contributed by atoms with Crippen LogP contribution in [0.4, 0.5) is 4.79 Å². The summed E-state index contributed by atoms with van der Waals surface area (Å²) < 4.78 is 0. The van der Waals surface area contributed by atoms with Gasteiger partial charge in [-0.1, -0.05) is 75.4 Å². The molecule has 4 heteroatoms. The lowest BCUT2D eigenvalue weighted by Crippen LogP contribution is -2.24. The molecule has 0 saturated heterocycles. The highest BCUT2D eigenvalue weighted by molar-refractivity contribution is 8.13. The van der Waals surface area contributed by atoms with E-state index in [1.165, 1.54) is 0 Å². The standard InChI is InChI=1S/C19H28N2OS/c1-6-14(3)16(7-2)13-18(17-11-9-8-10-12-17)20-15(4)21-19(22)23-5/h8-14,16H,6-7H2,1-5H3,(H,20,21,22)/b18-13-. The molecule has 0 heterocycles. The molecule has 1 aromatic rings. The predicted octanol–water partition coefficient (Wildman–Crippen LogP) is 5.59. The lowest BCUT2D eigenvalue weighted by molar-refractivity contribution is 0.264. The number of nitrogens with one attached hydrogen (secondary N) is 1. The Kier molecular flexibility index (Phi) is 8.70. The zero-order chi connectivity index (χ0) is 17.2. The summed E-state index contributed by atoms with van der Waals surface area (Å²) in [6, 6.07) is 10.1. The van der Waals surface area contributed by atoms with Gasteiger partial charge in [-0.05, 0) is 37.0 Å². The van der Waals surface area contributed by atoms with Crippen LogP contribution in [0.5, 0.6) is 0 Å². The number of amides is 1. The third-order valence-electron chi connectivity index (χ3n) is 4.04. The molecule has 0 spiro atoms. The number of nitrogens with zero attached hydrogens (tertiary/aromatic N) is 1. The smallest absolute Gasteiger partial charge is 0.284 e. The number of aliphatic imine (C=N–C) groups is 1. The zero-order valence-electron chi connectivity index (χ0n) is 14.8. The van der Waals surface area contributed by atoms with E-state index in [2.05, 4.69) is 49.3 Å². The Balaban J connectivity index is 3.17. The Morgan fingerprint density at radius 3 is 2.43 bits per heavy atom. The molecule has 1 aromatic carbocycles. The number of thioether (sulfide) groups is 1. The summed E-state index contributed by atoms with van der Waals surface area (Å²) in [5.41, 5.74) is 2.00. The summed E-state index contributed by atoms with van der Waals surface area (Å²) in [7, 11) is 0. The third kappa shape index (κ3) is 6.61. The molecule has 0 aliphatic carbocycles. The van der Waals surface area contributed by atoms with E-state index < -0.39 is 0 Å². The quantitative estimate of drug-likeness (QED) is 0.545. The van der Waals surface area contributed by atoms with Crippen molar-refractivity contribution >= 4 is 28.5 Å². The van der Waals surface area contributed by atoms with Crippen LogP contribution < -0.4 is 5.32 Å². The number of hydrogen-bond acceptors (Lipinski definition) is 3. The topological polar surface area (TPSA) is 41.5 Å². The molecule has 2 unspecified atom stereocenters. The van der Waals surface area contributed by atoms with Crippen molar-refractivity contribution in [2.24, 2.45) is 16.8 Å². The van der Waals surface area contributed by atoms with Gasteiger partial charge in [0.15, 0.2) is 0 Å². The maximum absolute atomic E-state index is 11.5. The van der Waals surface area contributed by atoms with Crippen LogP contribution in [0.3, 0.4) is 0 Å². The average molecular weight is 333 g/mol. The highest BCUT2D eigenvalue weighted by atomic mass is 32.2. The number of allylic oxidation sites excluding steroid dienone is 1. The minimum Gasteiger partial charge on any atom is -0.305 e. The molecule has 126 valence electrons. The van der Waals surface area contributed by atoms with Crippen molar-refractivity contribution in [1.29, 1.82) is 0 Å². The monoisotopic (exact) mass is 332 g/mol. The van der Waals surface area contributed by atoms with Gasteiger partial charge in [-0.2, -0.15) is 0 Å². The molecule has 1 N–H and O–H groups in total. The Hall–Kier alpha value is -1.55. The van der Waals surface area contributed by atoms with Gasteiger partial charge in [0.25, 0.3) is 5.24 Å². The maximum atomic E-state index is 11.5. The Bertz CT molecular complexity index is 552. The summed E-state index contributed by atoms with van der Waals surface area (Å²) in [5.74, 6) is 1.71. The lowest BCUT2D eigenvalue weighted by Gasteiger charge is -2.19. The number of hydrogen-bond donors (Lipinski definition) is 1. The number of carbonyl (C=O) groups excluding carboxylic acids is 1. The van der Waals surface area contributed by atoms with Crippen LogP contribution >= 0.6 is 11.8 Å². The first-order valence-corrected chi connectivity index (χ1v) is 9.41. The largest absolute Gasteiger partial charge is 0.305 e. The van der Waals surface area contributed by atoms with Crippen LogP contribution in [0.2, 0.25) is 0 Å². The SMILES string of the molecule is CCC(C)C(/C=C(\N=C(C)NC(=O)SC)c1ccccc1)CC. The van der Waals surface area contributed by atoms with Gasteiger partial charge in [-0.3, -0.25) is 4.79 Å². The van der Waals surface area contributed by atoms with E-state index >= 15 is 0 Å². The van der Waals surface area contributed by atoms with Gasteiger partial charge in [-0.25, -0.2) is 4.99 Å². The van der Waals surface area contributed by atoms with E-state index in [4.69, 9.17) is 0 Å². The Morgan fingerprint density at radius 2 is 1.91 bits per heavy atom. The van der Waals surface area contributed by atoms with Crippen LogP contribution in [0.1, 0.15) is 46.1 Å². The molecule has 0 aliphatic rings. The van der Waals surface area contributed by atoms with Gasteiger partial charge < -0.3 is 5.32 Å². The van der Waals surface area contributed by atoms with Crippen LogP contribution in [-0.4, -0.2) is 17.3 Å². The molecular formula is C19H28N2OS. The molecule has 0 fully saturated rings. The average Bonchev–Trinajstić information content (AvgIpc) is 2.58. The van der Waals surface area contributed by atoms with E-state index in [1.807, 2.05) is 25.1 Å². The second-order valence-electron chi connectivity index (χ2n) is 5.69. The first kappa shape index (κ1) is 19.5. The van der Waals surface area contributed by atoms with E-state index in [0.29, 0.717) is 17.7 Å². The summed E-state index contributed by atoms with van der Waals surface area (Å²) in [4.78, 5) is 16.2. The summed E-state index contributed by atoms with van der Waals surface area (Å²) in [6.45, 7) is 8.53. The van der Waals surface area contributed by atoms with E-state index in [9.17, 15) is 4.79 Å². The highest BCUT2D eigenvalue weighted by Gasteiger charge is 2.13. The molecule has 0 aromatic heterocycles. The van der Waals surface area contributed by atoms with Gasteiger partial charge in [0.1, 0.15) is 5.84 Å². The number of rotatable bonds is 6. The van der Waals surface area contributed by atoms with Crippen molar-refractivity contribution < 1.29 is 4.79 Å². The fourth-order valence-electron chi connectivity index (χ4n) is 2.40. The molecule has 1 amide bonds. The molecule has 0 bridgehead atoms. The van der Waals surface area contributed by atoms with Crippen molar-refractivity contribution in [3.05, 3.63) is 42.0 Å². The minimum atomic E-state index is -0.0902. The van der Waals surface area contributed by atoms with E-state index in [-0.39, 0.29) is 5.24 Å². The van der Waals surface area contributed by atoms with Crippen molar-refractivity contribution in [3.63, 3.8) is 0 Å². The first-order valence-electron chi connectivity index (χ1n) is 8.19. The Morgan fingerprint density at radius 1 is 1.26 bits per heavy atom. The molecule has 23 heavy (non-hydrogen) atoms. The first-order chi connectivity index (χ1) is 11.0. The van der Waals surface area contributed by atoms with Crippen molar-refractivity contribution in [2.75, 3.05) is 6.26 Å². The molecule has 0 aliphatic heterocycles. The van der Waals surface area contributed by atoms with Crippen LogP contribution in [-0.2, 0) is 0 Å². The molecule has 0 saturated carbocycles. The van der Waals surface area contributed by atoms with E-state index in [1.54, 1.807) is 6.26 Å². The third-order valence-corrected chi connectivity index (χ3v) is 4.52. The number of carbonyl (C=O) groups is 1. The normalized spacial score (nSPS) is 15.2. The molecule has 1 rings (SSSR count). The van der Waals surface area contributed by atoms with E-state index in [0.717, 1.165) is 35.9 Å². The summed E-state index contributed by atoms with van der Waals surface area (Å²) in [5, 5.41) is 2.71. The second kappa shape index (κ2) is 10.3. The van der Waals surface area contributed by atoms with Crippen LogP contribution in [0.25, 0.3) is 5.70 Å². The van der Waals surface area contributed by atoms with Gasteiger partial charge >= 0.3 is 0 Å². The number of benzene rings is 1.